The largest absolute Gasteiger partial charge is 0.493 e. The Morgan fingerprint density at radius 3 is 3.08 bits per heavy atom. The predicted molar refractivity (Wildman–Crippen MR) is 91.6 cm³/mol. The molecule has 7 nitrogen and oxygen atoms in total. The molecule has 2 aliphatic rings. The van der Waals surface area contributed by atoms with Crippen LogP contribution in [-0.2, 0) is 4.79 Å². The number of aromatic nitrogens is 2. The molecule has 0 fully saturated rings. The Hall–Kier alpha value is -2.87. The fourth-order valence-electron chi connectivity index (χ4n) is 3.46. The van der Waals surface area contributed by atoms with Crippen LogP contribution >= 0.6 is 11.7 Å². The predicted octanol–water partition coefficient (Wildman–Crippen LogP) is 2.90. The highest BCUT2D eigenvalue weighted by Gasteiger charge is 2.32. The molecule has 126 valence electrons. The van der Waals surface area contributed by atoms with Gasteiger partial charge in [-0.15, -0.1) is 0 Å². The molecule has 0 bridgehead atoms. The topological polar surface area (TPSA) is 82.6 Å². The van der Waals surface area contributed by atoms with Crippen LogP contribution in [-0.4, -0.2) is 28.6 Å². The Kier molecular flexibility index (Phi) is 3.08. The normalized spacial score (nSPS) is 18.1. The molecule has 0 spiro atoms. The standard InChI is InChI=1S/C17H13N3O4S/c1-22-12-4-8(5-13-17(12)24-7-23-13)9-6-14(21)18-10-2-3-11-16(15(9)10)20-25-19-11/h2-5,9H,6-7H2,1H3,(H,18,21)/t9-/m0/s1. The fraction of sp³-hybridized carbons (Fsp3) is 0.235. The summed E-state index contributed by atoms with van der Waals surface area (Å²) in [5, 5.41) is 2.93. The number of anilines is 1. The number of nitrogens with one attached hydrogen (secondary N) is 1. The second-order valence-electron chi connectivity index (χ2n) is 5.92. The lowest BCUT2D eigenvalue weighted by molar-refractivity contribution is -0.116. The lowest BCUT2D eigenvalue weighted by Crippen LogP contribution is -2.23. The van der Waals surface area contributed by atoms with E-state index in [0.29, 0.717) is 23.7 Å². The molecule has 0 saturated heterocycles. The average molecular weight is 355 g/mol. The Morgan fingerprint density at radius 2 is 2.20 bits per heavy atom. The highest BCUT2D eigenvalue weighted by atomic mass is 32.1. The summed E-state index contributed by atoms with van der Waals surface area (Å²) in [7, 11) is 1.59. The van der Waals surface area contributed by atoms with E-state index >= 15 is 0 Å². The third kappa shape index (κ3) is 2.14. The number of carbonyl (C=O) groups is 1. The Balaban J connectivity index is 1.73. The summed E-state index contributed by atoms with van der Waals surface area (Å²) < 4.78 is 25.2. The maximum Gasteiger partial charge on any atom is 0.231 e. The number of amides is 1. The minimum absolute atomic E-state index is 0.0309. The van der Waals surface area contributed by atoms with E-state index in [0.717, 1.165) is 27.8 Å². The van der Waals surface area contributed by atoms with Gasteiger partial charge >= 0.3 is 0 Å². The van der Waals surface area contributed by atoms with Crippen LogP contribution in [0.3, 0.4) is 0 Å². The van der Waals surface area contributed by atoms with Gasteiger partial charge in [0, 0.05) is 23.6 Å². The molecule has 0 saturated carbocycles. The van der Waals surface area contributed by atoms with Crippen molar-refractivity contribution >= 4 is 34.4 Å². The molecule has 1 atom stereocenters. The number of nitrogens with zero attached hydrogens (tertiary/aromatic N) is 2. The van der Waals surface area contributed by atoms with Crippen molar-refractivity contribution in [1.29, 1.82) is 0 Å². The second-order valence-corrected chi connectivity index (χ2v) is 6.45. The van der Waals surface area contributed by atoms with Gasteiger partial charge in [0.15, 0.2) is 11.5 Å². The average Bonchev–Trinajstić information content (AvgIpc) is 3.28. The van der Waals surface area contributed by atoms with Crippen molar-refractivity contribution in [2.75, 3.05) is 19.2 Å². The van der Waals surface area contributed by atoms with Gasteiger partial charge in [-0.25, -0.2) is 0 Å². The lowest BCUT2D eigenvalue weighted by atomic mass is 9.83. The summed E-state index contributed by atoms with van der Waals surface area (Å²) in [6.45, 7) is 0.164. The zero-order valence-corrected chi connectivity index (χ0v) is 14.1. The SMILES string of the molecule is COc1cc([C@@H]2CC(=O)Nc3ccc4nsnc4c32)cc2c1OCO2. The number of ether oxygens (including phenoxy) is 3. The van der Waals surface area contributed by atoms with Crippen molar-refractivity contribution in [2.24, 2.45) is 0 Å². The summed E-state index contributed by atoms with van der Waals surface area (Å²) in [5.41, 5.74) is 4.34. The molecule has 25 heavy (non-hydrogen) atoms. The fourth-order valence-corrected chi connectivity index (χ4v) is 4.01. The molecule has 1 amide bonds. The molecule has 0 aliphatic carbocycles. The van der Waals surface area contributed by atoms with Gasteiger partial charge in [0.05, 0.1) is 18.8 Å². The number of fused-ring (bicyclic) bond motifs is 4. The summed E-state index contributed by atoms with van der Waals surface area (Å²) in [5.74, 6) is 1.64. The zero-order valence-electron chi connectivity index (χ0n) is 13.2. The third-order valence-electron chi connectivity index (χ3n) is 4.56. The molecule has 0 radical (unpaired) electrons. The summed E-state index contributed by atoms with van der Waals surface area (Å²) in [6, 6.07) is 7.57. The lowest BCUT2D eigenvalue weighted by Gasteiger charge is -2.26. The molecular formula is C17H13N3O4S. The van der Waals surface area contributed by atoms with Gasteiger partial charge in [-0.05, 0) is 29.8 Å². The van der Waals surface area contributed by atoms with Gasteiger partial charge in [-0.3, -0.25) is 4.79 Å². The Bertz CT molecular complexity index is 1020. The van der Waals surface area contributed by atoms with Crippen molar-refractivity contribution in [1.82, 2.24) is 8.75 Å². The number of benzene rings is 2. The van der Waals surface area contributed by atoms with E-state index in [2.05, 4.69) is 14.1 Å². The number of hydrogen-bond acceptors (Lipinski definition) is 7. The van der Waals surface area contributed by atoms with E-state index in [1.165, 1.54) is 11.7 Å². The molecule has 3 aromatic rings. The van der Waals surface area contributed by atoms with Gasteiger partial charge in [-0.2, -0.15) is 8.75 Å². The smallest absolute Gasteiger partial charge is 0.231 e. The first-order valence-corrected chi connectivity index (χ1v) is 8.50. The van der Waals surface area contributed by atoms with Crippen LogP contribution in [0.15, 0.2) is 24.3 Å². The summed E-state index contributed by atoms with van der Waals surface area (Å²) >= 11 is 1.17. The van der Waals surface area contributed by atoms with Crippen molar-refractivity contribution < 1.29 is 19.0 Å². The highest BCUT2D eigenvalue weighted by molar-refractivity contribution is 7.00. The number of hydrogen-bond donors (Lipinski definition) is 1. The van der Waals surface area contributed by atoms with Crippen LogP contribution in [0.4, 0.5) is 5.69 Å². The van der Waals surface area contributed by atoms with Gasteiger partial charge in [0.25, 0.3) is 0 Å². The van der Waals surface area contributed by atoms with Crippen molar-refractivity contribution in [3.63, 3.8) is 0 Å². The van der Waals surface area contributed by atoms with Crippen LogP contribution in [0.5, 0.6) is 17.2 Å². The second kappa shape index (κ2) is 5.32. The molecule has 1 aromatic heterocycles. The Labute approximate surface area is 146 Å². The molecule has 3 heterocycles. The van der Waals surface area contributed by atoms with Crippen LogP contribution in [0, 0.1) is 0 Å². The molecular weight excluding hydrogens is 342 g/mol. The molecule has 0 unspecified atom stereocenters. The van der Waals surface area contributed by atoms with Crippen LogP contribution in [0.2, 0.25) is 0 Å². The summed E-state index contributed by atoms with van der Waals surface area (Å²) in [6.07, 6.45) is 0.326. The molecule has 8 heteroatoms. The maximum absolute atomic E-state index is 12.2. The highest BCUT2D eigenvalue weighted by Crippen LogP contribution is 2.47. The molecule has 5 rings (SSSR count). The van der Waals surface area contributed by atoms with Gasteiger partial charge < -0.3 is 19.5 Å². The monoisotopic (exact) mass is 355 g/mol. The van der Waals surface area contributed by atoms with Gasteiger partial charge in [-0.1, -0.05) is 0 Å². The van der Waals surface area contributed by atoms with Crippen LogP contribution in [0.1, 0.15) is 23.5 Å². The van der Waals surface area contributed by atoms with E-state index in [4.69, 9.17) is 14.2 Å². The number of carbonyl (C=O) groups excluding carboxylic acids is 1. The zero-order chi connectivity index (χ0) is 17.0. The van der Waals surface area contributed by atoms with E-state index in [1.54, 1.807) is 7.11 Å². The first kappa shape index (κ1) is 14.5. The van der Waals surface area contributed by atoms with Crippen LogP contribution in [0.25, 0.3) is 11.0 Å². The minimum atomic E-state index is -0.153. The molecule has 1 N–H and O–H groups in total. The molecule has 2 aromatic carbocycles. The van der Waals surface area contributed by atoms with E-state index < -0.39 is 0 Å². The minimum Gasteiger partial charge on any atom is -0.493 e. The van der Waals surface area contributed by atoms with Gasteiger partial charge in [0.2, 0.25) is 18.4 Å². The van der Waals surface area contributed by atoms with Crippen molar-refractivity contribution in [3.8, 4) is 17.2 Å². The maximum atomic E-state index is 12.2. The first-order valence-electron chi connectivity index (χ1n) is 7.77. The Morgan fingerprint density at radius 1 is 1.28 bits per heavy atom. The first-order chi connectivity index (χ1) is 12.2. The van der Waals surface area contributed by atoms with Crippen molar-refractivity contribution in [3.05, 3.63) is 35.4 Å². The van der Waals surface area contributed by atoms with Crippen molar-refractivity contribution in [2.45, 2.75) is 12.3 Å². The van der Waals surface area contributed by atoms with Crippen LogP contribution < -0.4 is 19.5 Å². The molecule has 2 aliphatic heterocycles. The number of rotatable bonds is 2. The van der Waals surface area contributed by atoms with E-state index in [1.807, 2.05) is 24.3 Å². The van der Waals surface area contributed by atoms with E-state index in [9.17, 15) is 4.79 Å². The van der Waals surface area contributed by atoms with E-state index in [-0.39, 0.29) is 18.6 Å². The third-order valence-corrected chi connectivity index (χ3v) is 5.10. The number of methoxy groups -OCH3 is 1. The quantitative estimate of drug-likeness (QED) is 0.761. The summed E-state index contributed by atoms with van der Waals surface area (Å²) in [4.78, 5) is 12.2. The van der Waals surface area contributed by atoms with Gasteiger partial charge in [0.1, 0.15) is 11.0 Å².